The number of carbonyl (C=O) groups excluding carboxylic acids is 1. The minimum atomic E-state index is -1.71. The molecule has 0 bridgehead atoms. The first-order valence-electron chi connectivity index (χ1n) is 6.93. The molecule has 0 saturated heterocycles. The van der Waals surface area contributed by atoms with E-state index in [4.69, 9.17) is 21.1 Å². The van der Waals surface area contributed by atoms with Gasteiger partial charge in [0.25, 0.3) is 0 Å². The van der Waals surface area contributed by atoms with E-state index in [1.54, 1.807) is 14.0 Å². The Labute approximate surface area is 140 Å². The second-order valence-corrected chi connectivity index (χ2v) is 5.89. The highest BCUT2D eigenvalue weighted by atomic mass is 35.5. The molecule has 0 aromatic carbocycles. The van der Waals surface area contributed by atoms with E-state index in [1.165, 1.54) is 39.0 Å². The third-order valence-corrected chi connectivity index (χ3v) is 3.69. The van der Waals surface area contributed by atoms with Gasteiger partial charge in [0, 0.05) is 26.8 Å². The zero-order valence-corrected chi connectivity index (χ0v) is 14.8. The number of amides is 2. The predicted molar refractivity (Wildman–Crippen MR) is 85.2 cm³/mol. The zero-order chi connectivity index (χ0) is 17.8. The highest BCUT2D eigenvalue weighted by Crippen LogP contribution is 2.30. The fraction of sp³-hybridized carbons (Fsp3) is 0.643. The quantitative estimate of drug-likeness (QED) is 0.800. The summed E-state index contributed by atoms with van der Waals surface area (Å²) >= 11 is 5.84. The molecule has 0 aliphatic heterocycles. The van der Waals surface area contributed by atoms with Crippen molar-refractivity contribution in [1.82, 2.24) is 15.1 Å². The van der Waals surface area contributed by atoms with E-state index in [9.17, 15) is 9.18 Å². The van der Waals surface area contributed by atoms with Gasteiger partial charge in [-0.05, 0) is 26.8 Å². The average molecular weight is 349 g/mol. The Hall–Kier alpha value is -1.51. The van der Waals surface area contributed by atoms with Crippen LogP contribution >= 0.6 is 11.6 Å². The molecule has 9 heteroatoms. The molecule has 0 radical (unpaired) electrons. The Morgan fingerprint density at radius 1 is 1.39 bits per heavy atom. The van der Waals surface area contributed by atoms with Gasteiger partial charge in [0.2, 0.25) is 0 Å². The summed E-state index contributed by atoms with van der Waals surface area (Å²) in [5.74, 6) is 0.102. The largest absolute Gasteiger partial charge is 0.354 e. The SMILES string of the molecule is COC(OC)C(C)N(C)C(=O)Nc1cc(C(C)(C)F)c(Cl)nn1. The Kier molecular flexibility index (Phi) is 6.67. The van der Waals surface area contributed by atoms with E-state index in [1.807, 2.05) is 0 Å². The van der Waals surface area contributed by atoms with E-state index in [2.05, 4.69) is 15.5 Å². The Morgan fingerprint density at radius 2 is 1.96 bits per heavy atom. The van der Waals surface area contributed by atoms with Crippen molar-refractivity contribution in [2.75, 3.05) is 26.6 Å². The van der Waals surface area contributed by atoms with Gasteiger partial charge in [0.05, 0.1) is 6.04 Å². The van der Waals surface area contributed by atoms with E-state index in [0.717, 1.165) is 0 Å². The molecule has 0 saturated carbocycles. The number of hydrogen-bond donors (Lipinski definition) is 1. The minimum absolute atomic E-state index is 0.0453. The maximum atomic E-state index is 14.1. The molecule has 0 fully saturated rings. The Balaban J connectivity index is 2.89. The van der Waals surface area contributed by atoms with Crippen LogP contribution in [0.4, 0.5) is 15.0 Å². The van der Waals surface area contributed by atoms with E-state index in [-0.39, 0.29) is 22.6 Å². The summed E-state index contributed by atoms with van der Waals surface area (Å²) in [5.41, 5.74) is -1.56. The van der Waals surface area contributed by atoms with Crippen LogP contribution in [0.25, 0.3) is 0 Å². The molecule has 23 heavy (non-hydrogen) atoms. The van der Waals surface area contributed by atoms with E-state index < -0.39 is 18.0 Å². The van der Waals surface area contributed by atoms with Gasteiger partial charge >= 0.3 is 6.03 Å². The summed E-state index contributed by atoms with van der Waals surface area (Å²) in [6.07, 6.45) is -0.581. The monoisotopic (exact) mass is 348 g/mol. The lowest BCUT2D eigenvalue weighted by molar-refractivity contribution is -0.132. The number of carbonyl (C=O) groups is 1. The maximum Gasteiger partial charge on any atom is 0.323 e. The van der Waals surface area contributed by atoms with Gasteiger partial charge in [-0.1, -0.05) is 11.6 Å². The summed E-state index contributed by atoms with van der Waals surface area (Å²) in [7, 11) is 4.54. The number of rotatable bonds is 6. The van der Waals surface area contributed by atoms with Crippen molar-refractivity contribution in [1.29, 1.82) is 0 Å². The molecule has 2 amide bonds. The van der Waals surface area contributed by atoms with Crippen molar-refractivity contribution >= 4 is 23.4 Å². The summed E-state index contributed by atoms with van der Waals surface area (Å²) in [6, 6.07) is 0.536. The lowest BCUT2D eigenvalue weighted by Gasteiger charge is -2.30. The summed E-state index contributed by atoms with van der Waals surface area (Å²) in [5, 5.41) is 9.91. The van der Waals surface area contributed by atoms with Crippen LogP contribution < -0.4 is 5.32 Å². The van der Waals surface area contributed by atoms with Gasteiger partial charge in [-0.15, -0.1) is 10.2 Å². The van der Waals surface area contributed by atoms with Gasteiger partial charge in [-0.3, -0.25) is 5.32 Å². The van der Waals surface area contributed by atoms with Crippen molar-refractivity contribution in [3.63, 3.8) is 0 Å². The zero-order valence-electron chi connectivity index (χ0n) is 14.1. The van der Waals surface area contributed by atoms with Crippen molar-refractivity contribution in [3.05, 3.63) is 16.8 Å². The molecule has 0 aliphatic carbocycles. The second-order valence-electron chi connectivity index (χ2n) is 5.53. The van der Waals surface area contributed by atoms with E-state index >= 15 is 0 Å². The number of nitrogens with one attached hydrogen (secondary N) is 1. The molecule has 7 nitrogen and oxygen atoms in total. The molecule has 0 spiro atoms. The number of ether oxygens (including phenoxy) is 2. The minimum Gasteiger partial charge on any atom is -0.354 e. The van der Waals surface area contributed by atoms with Crippen LogP contribution in [0.1, 0.15) is 26.3 Å². The highest BCUT2D eigenvalue weighted by molar-refractivity contribution is 6.30. The van der Waals surface area contributed by atoms with Gasteiger partial charge in [0.15, 0.2) is 17.3 Å². The number of nitrogens with zero attached hydrogens (tertiary/aromatic N) is 3. The normalized spacial score (nSPS) is 13.1. The maximum absolute atomic E-state index is 14.1. The Morgan fingerprint density at radius 3 is 2.43 bits per heavy atom. The number of aromatic nitrogens is 2. The standard InChI is InChI=1S/C14H22ClFN4O3/c1-8(12(22-5)23-6)20(4)13(21)17-10-7-9(14(2,3)16)11(15)19-18-10/h7-8,12H,1-6H3,(H,17,18,21). The van der Waals surface area contributed by atoms with Crippen molar-refractivity contribution in [3.8, 4) is 0 Å². The first-order chi connectivity index (χ1) is 10.6. The predicted octanol–water partition coefficient (Wildman–Crippen LogP) is 2.81. The molecule has 130 valence electrons. The second kappa shape index (κ2) is 7.85. The smallest absolute Gasteiger partial charge is 0.323 e. The van der Waals surface area contributed by atoms with Gasteiger partial charge in [-0.2, -0.15) is 0 Å². The molecule has 1 atom stereocenters. The fourth-order valence-corrected chi connectivity index (χ4v) is 2.23. The fourth-order valence-electron chi connectivity index (χ4n) is 1.91. The van der Waals surface area contributed by atoms with Crippen LogP contribution in [-0.4, -0.2) is 54.7 Å². The molecular weight excluding hydrogens is 327 g/mol. The van der Waals surface area contributed by atoms with Crippen molar-refractivity contribution in [2.24, 2.45) is 0 Å². The first kappa shape index (κ1) is 19.5. The summed E-state index contributed by atoms with van der Waals surface area (Å²) in [4.78, 5) is 13.6. The van der Waals surface area contributed by atoms with Crippen LogP contribution in [0.3, 0.4) is 0 Å². The highest BCUT2D eigenvalue weighted by Gasteiger charge is 2.27. The topological polar surface area (TPSA) is 76.6 Å². The third-order valence-electron chi connectivity index (χ3n) is 3.41. The van der Waals surface area contributed by atoms with Crippen LogP contribution in [0, 0.1) is 0 Å². The van der Waals surface area contributed by atoms with Gasteiger partial charge < -0.3 is 14.4 Å². The molecule has 1 rings (SSSR count). The molecule has 0 aliphatic rings. The summed E-state index contributed by atoms with van der Waals surface area (Å²) < 4.78 is 24.3. The number of alkyl halides is 1. The third kappa shape index (κ3) is 4.98. The van der Waals surface area contributed by atoms with E-state index in [0.29, 0.717) is 0 Å². The number of likely N-dealkylation sites (N-methyl/N-ethyl adjacent to an activating group) is 1. The van der Waals surface area contributed by atoms with Crippen LogP contribution in [0.2, 0.25) is 5.15 Å². The lowest BCUT2D eigenvalue weighted by atomic mass is 10.0. The van der Waals surface area contributed by atoms with Crippen LogP contribution in [0.5, 0.6) is 0 Å². The molecule has 1 aromatic heterocycles. The number of urea groups is 1. The lowest BCUT2D eigenvalue weighted by Crippen LogP contribution is -2.46. The molecule has 1 aromatic rings. The van der Waals surface area contributed by atoms with Gasteiger partial charge in [0.1, 0.15) is 5.67 Å². The molecule has 1 unspecified atom stereocenters. The number of anilines is 1. The summed E-state index contributed by atoms with van der Waals surface area (Å²) in [6.45, 7) is 4.45. The first-order valence-corrected chi connectivity index (χ1v) is 7.31. The number of halogens is 2. The van der Waals surface area contributed by atoms with Crippen molar-refractivity contribution in [2.45, 2.75) is 38.8 Å². The van der Waals surface area contributed by atoms with Crippen LogP contribution in [-0.2, 0) is 15.1 Å². The molecule has 1 N–H and O–H groups in total. The van der Waals surface area contributed by atoms with Crippen molar-refractivity contribution < 1.29 is 18.7 Å². The number of hydrogen-bond acceptors (Lipinski definition) is 5. The number of methoxy groups -OCH3 is 2. The Bertz CT molecular complexity index is 549. The van der Waals surface area contributed by atoms with Gasteiger partial charge in [-0.25, -0.2) is 9.18 Å². The van der Waals surface area contributed by atoms with Crippen LogP contribution in [0.15, 0.2) is 6.07 Å². The molecule has 1 heterocycles. The average Bonchev–Trinajstić information content (AvgIpc) is 2.48. The molecular formula is C14H22ClFN4O3.